The molecule has 0 saturated carbocycles. The van der Waals surface area contributed by atoms with Crippen LogP contribution in [0.15, 0.2) is 122 Å². The SMILES string of the molecule is CC(=O)OC[C@H]1O[C@@H](O[C@H]2[C@H](OC(C)=O)[C@@H](OC(C)=O)[C@H](Oc3ccccc3-c3c4nc(c(-c5cc[n+](C)cc5)c5ccc([nH]5)c(-c5cc[n+](C)cc5)c5nc(c(-c6cc[n+](C)cc6)c6ccc3[nH]6)C=C5)C=C4)O[C@@H]2COC(C)=O)[C@H](OC(C)=O)[C@@H](OC(C)=O)[C@H]1OC(C)=O. The van der Waals surface area contributed by atoms with Crippen LogP contribution in [0.4, 0.5) is 0 Å². The van der Waals surface area contributed by atoms with Crippen molar-refractivity contribution in [3.8, 4) is 50.3 Å². The summed E-state index contributed by atoms with van der Waals surface area (Å²) in [6.45, 7) is 6.32. The molecule has 0 amide bonds. The third-order valence-electron chi connectivity index (χ3n) is 15.8. The van der Waals surface area contributed by atoms with Gasteiger partial charge in [-0.2, -0.15) is 0 Å². The molecule has 0 radical (unpaired) electrons. The van der Waals surface area contributed by atoms with Crippen LogP contribution >= 0.6 is 0 Å². The van der Waals surface area contributed by atoms with Gasteiger partial charge in [-0.1, -0.05) is 18.2 Å². The molecule has 95 heavy (non-hydrogen) atoms. The summed E-state index contributed by atoms with van der Waals surface area (Å²) in [6, 6.07) is 27.1. The van der Waals surface area contributed by atoms with E-state index in [1.54, 1.807) is 18.2 Å². The van der Waals surface area contributed by atoms with Crippen LogP contribution in [0.2, 0.25) is 0 Å². The predicted octanol–water partition coefficient (Wildman–Crippen LogP) is 6.80. The van der Waals surface area contributed by atoms with Gasteiger partial charge < -0.3 is 62.1 Å². The van der Waals surface area contributed by atoms with Crippen LogP contribution < -0.4 is 18.4 Å². The van der Waals surface area contributed by atoms with E-state index in [4.69, 9.17) is 62.1 Å². The van der Waals surface area contributed by atoms with E-state index in [0.717, 1.165) is 98.6 Å². The van der Waals surface area contributed by atoms with Gasteiger partial charge in [0.25, 0.3) is 0 Å². The number of aromatic amines is 2. The number of rotatable bonds is 17. The van der Waals surface area contributed by atoms with Crippen LogP contribution in [0.1, 0.15) is 71.2 Å². The molecular weight excluding hydrogens is 1230 g/mol. The van der Waals surface area contributed by atoms with Crippen LogP contribution in [0.25, 0.3) is 90.9 Å². The molecule has 4 aliphatic rings. The number of esters is 7. The Balaban J connectivity index is 1.10. The number of hydrogen-bond acceptors (Lipinski definition) is 20. The topological polar surface area (TPSA) is 290 Å². The largest absolute Gasteiger partial charge is 0.463 e. The molecular formula is C70H70N7O18+3. The van der Waals surface area contributed by atoms with E-state index in [-0.39, 0.29) is 5.75 Å². The number of hydrogen-bond donors (Lipinski definition) is 2. The second kappa shape index (κ2) is 28.2. The number of para-hydroxylation sites is 1. The highest BCUT2D eigenvalue weighted by Crippen LogP contribution is 2.43. The van der Waals surface area contributed by atoms with E-state index >= 15 is 0 Å². The molecule has 25 nitrogen and oxygen atoms in total. The maximum atomic E-state index is 13.5. The summed E-state index contributed by atoms with van der Waals surface area (Å²) in [7, 11) is 5.85. The normalized spacial score (nSPS) is 21.2. The molecule has 490 valence electrons. The lowest BCUT2D eigenvalue weighted by Crippen LogP contribution is -2.67. The summed E-state index contributed by atoms with van der Waals surface area (Å²) in [5.74, 6) is -6.01. The zero-order chi connectivity index (χ0) is 67.4. The number of aryl methyl sites for hydroxylation is 3. The Bertz CT molecular complexity index is 4330. The van der Waals surface area contributed by atoms with Crippen molar-refractivity contribution in [2.75, 3.05) is 13.2 Å². The molecule has 8 bridgehead atoms. The Kier molecular flexibility index (Phi) is 19.5. The van der Waals surface area contributed by atoms with Crippen molar-refractivity contribution in [3.05, 3.63) is 145 Å². The third-order valence-corrected chi connectivity index (χ3v) is 15.8. The molecule has 4 aliphatic heterocycles. The first-order valence-corrected chi connectivity index (χ1v) is 30.4. The Hall–Kier alpha value is -10.8. The van der Waals surface area contributed by atoms with E-state index in [9.17, 15) is 33.6 Å². The lowest BCUT2D eigenvalue weighted by Gasteiger charge is -2.48. The number of nitrogens with one attached hydrogen (secondary N) is 2. The monoisotopic (exact) mass is 1300 g/mol. The van der Waals surface area contributed by atoms with Crippen LogP contribution in [-0.4, -0.2) is 136 Å². The minimum atomic E-state index is -1.90. The molecule has 2 N–H and O–H groups in total. The molecule has 10 atom stereocenters. The number of fused-ring (bicyclic) bond motifs is 8. The Morgan fingerprint density at radius 3 is 1.15 bits per heavy atom. The second-order valence-electron chi connectivity index (χ2n) is 23.0. The quantitative estimate of drug-likeness (QED) is 0.0538. The van der Waals surface area contributed by atoms with E-state index in [1.165, 1.54) is 0 Å². The molecule has 25 heteroatoms. The summed E-state index contributed by atoms with van der Waals surface area (Å²) in [6.07, 6.45) is 2.72. The molecule has 11 rings (SSSR count). The van der Waals surface area contributed by atoms with Gasteiger partial charge in [0.2, 0.25) is 12.4 Å². The number of H-pyrrole nitrogens is 2. The van der Waals surface area contributed by atoms with Crippen molar-refractivity contribution >= 4 is 88.2 Å². The van der Waals surface area contributed by atoms with Gasteiger partial charge in [0, 0.05) is 135 Å². The Morgan fingerprint density at radius 2 is 0.737 bits per heavy atom. The summed E-state index contributed by atoms with van der Waals surface area (Å²) in [5, 5.41) is 0. The zero-order valence-electron chi connectivity index (χ0n) is 53.6. The van der Waals surface area contributed by atoms with E-state index in [1.807, 2.05) is 151 Å². The highest BCUT2D eigenvalue weighted by Gasteiger charge is 2.58. The lowest BCUT2D eigenvalue weighted by atomic mass is 9.95. The maximum Gasteiger partial charge on any atom is 0.303 e. The lowest BCUT2D eigenvalue weighted by molar-refractivity contribution is -0.671. The maximum absolute atomic E-state index is 13.5. The number of ether oxygens (including phenoxy) is 11. The molecule has 2 saturated heterocycles. The summed E-state index contributed by atoms with van der Waals surface area (Å²) in [5.41, 5.74) is 11.4. The fourth-order valence-electron chi connectivity index (χ4n) is 11.9. The van der Waals surface area contributed by atoms with Gasteiger partial charge in [0.05, 0.1) is 22.8 Å². The second-order valence-corrected chi connectivity index (χ2v) is 23.0. The first kappa shape index (κ1) is 65.7. The van der Waals surface area contributed by atoms with Crippen LogP contribution in [0.3, 0.4) is 0 Å². The van der Waals surface area contributed by atoms with Gasteiger partial charge in [-0.25, -0.2) is 23.7 Å². The number of carbonyl (C=O) groups excluding carboxylic acids is 7. The van der Waals surface area contributed by atoms with Gasteiger partial charge >= 0.3 is 41.8 Å². The molecule has 0 spiro atoms. The van der Waals surface area contributed by atoms with Gasteiger partial charge in [-0.15, -0.1) is 0 Å². The number of pyridine rings is 3. The highest BCUT2D eigenvalue weighted by atomic mass is 16.8. The van der Waals surface area contributed by atoms with Crippen molar-refractivity contribution < 1.29 is 99.4 Å². The van der Waals surface area contributed by atoms with E-state index in [0.29, 0.717) is 39.2 Å². The summed E-state index contributed by atoms with van der Waals surface area (Å²) < 4.78 is 72.5. The first-order chi connectivity index (χ1) is 45.5. The van der Waals surface area contributed by atoms with Gasteiger partial charge in [-0.05, 0) is 71.3 Å². The van der Waals surface area contributed by atoms with E-state index < -0.39 is 116 Å². The van der Waals surface area contributed by atoms with E-state index in [2.05, 4.69) is 22.1 Å². The summed E-state index contributed by atoms with van der Waals surface area (Å²) >= 11 is 0. The molecule has 10 heterocycles. The Morgan fingerprint density at radius 1 is 0.400 bits per heavy atom. The van der Waals surface area contributed by atoms with Gasteiger partial charge in [-0.3, -0.25) is 33.6 Å². The average Bonchev–Trinajstić information content (AvgIpc) is 1.76. The number of nitrogens with zero attached hydrogens (tertiary/aromatic N) is 5. The fourth-order valence-corrected chi connectivity index (χ4v) is 11.9. The van der Waals surface area contributed by atoms with Crippen molar-refractivity contribution in [2.24, 2.45) is 21.1 Å². The predicted molar refractivity (Wildman–Crippen MR) is 338 cm³/mol. The van der Waals surface area contributed by atoms with Crippen LogP contribution in [-0.2, 0) is 102 Å². The third kappa shape index (κ3) is 14.9. The zero-order valence-corrected chi connectivity index (χ0v) is 53.6. The number of carbonyl (C=O) groups is 7. The Labute approximate surface area is 544 Å². The van der Waals surface area contributed by atoms with Crippen molar-refractivity contribution in [3.63, 3.8) is 0 Å². The molecule has 0 aliphatic carbocycles. The first-order valence-electron chi connectivity index (χ1n) is 30.4. The molecule has 1 aromatic carbocycles. The number of benzene rings is 1. The number of aromatic nitrogens is 7. The molecule has 7 aromatic rings. The standard InChI is InChI=1S/C70H69N7O18/c1-37(78)85-35-57-63(87-39(3)80)65(88-40(4)81)68(91-43(7)84)70(94-57)95-64-58(36-86-38(2)79)93-69(67(90-42(6)83)66(64)89-41(5)82)92-56-14-12-11-13-47(56)62-54-21-19-52(73-54)60(45-25-31-76(9)32-26-45)50-17-15-48(71-50)59(44-23-29-75(8)30-24-44)49-16-18-51(72-49)61(53-20-22-55(62)74-53)46-27-33-77(10)34-28-46/h11-34,57-58,63-70H,35-36H2,1-10H3,(H,71,72,73,74)/q+2/p+1/t57-,58-,63+,64-,65+,66+,67-,68-,69-,70+/m1/s1. The minimum absolute atomic E-state index is 0.125. The van der Waals surface area contributed by atoms with Crippen LogP contribution in [0.5, 0.6) is 5.75 Å². The molecule has 2 fully saturated rings. The van der Waals surface area contributed by atoms with Gasteiger partial charge in [0.15, 0.2) is 67.9 Å². The van der Waals surface area contributed by atoms with Gasteiger partial charge in [0.1, 0.15) is 58.4 Å². The van der Waals surface area contributed by atoms with Crippen molar-refractivity contribution in [1.29, 1.82) is 0 Å². The highest BCUT2D eigenvalue weighted by molar-refractivity contribution is 6.00. The van der Waals surface area contributed by atoms with Crippen LogP contribution in [0, 0.1) is 0 Å². The molecule has 6 aromatic heterocycles. The summed E-state index contributed by atoms with van der Waals surface area (Å²) in [4.78, 5) is 109. The van der Waals surface area contributed by atoms with Crippen molar-refractivity contribution in [1.82, 2.24) is 19.9 Å². The van der Waals surface area contributed by atoms with Crippen molar-refractivity contribution in [2.45, 2.75) is 110 Å². The minimum Gasteiger partial charge on any atom is -0.463 e. The average molecular weight is 1300 g/mol. The fraction of sp³-hybridized carbons (Fsp3) is 0.314. The smallest absolute Gasteiger partial charge is 0.303 e. The molecule has 0 unspecified atom stereocenters.